The van der Waals surface area contributed by atoms with Gasteiger partial charge < -0.3 is 5.32 Å². The van der Waals surface area contributed by atoms with Gasteiger partial charge >= 0.3 is 0 Å². The Balaban J connectivity index is 1.40. The lowest BCUT2D eigenvalue weighted by molar-refractivity contribution is 0.659. The molecule has 0 unspecified atom stereocenters. The minimum atomic E-state index is 0.623. The Hall–Kier alpha value is -2.04. The average Bonchev–Trinajstić information content (AvgIpc) is 3.40. The topological polar surface area (TPSA) is 63.6 Å². The van der Waals surface area contributed by atoms with E-state index in [1.54, 1.807) is 0 Å². The summed E-state index contributed by atoms with van der Waals surface area (Å²) in [7, 11) is 0. The fraction of sp³-hybridized carbons (Fsp3) is 0.556. The number of fused-ring (bicyclic) bond motifs is 1. The van der Waals surface area contributed by atoms with Crippen LogP contribution < -0.4 is 5.32 Å². The fourth-order valence-corrected chi connectivity index (χ4v) is 3.24. The zero-order chi connectivity index (χ0) is 15.6. The van der Waals surface area contributed by atoms with Gasteiger partial charge in [-0.2, -0.15) is 0 Å². The Morgan fingerprint density at radius 3 is 2.65 bits per heavy atom. The lowest BCUT2D eigenvalue weighted by atomic mass is 9.96. The van der Waals surface area contributed by atoms with Gasteiger partial charge in [0.1, 0.15) is 17.5 Å². The SMILES string of the molecule is Cc1nc2c(c(NCCc3cnc(C4CC4)nc3)n1)CCCC2. The van der Waals surface area contributed by atoms with Gasteiger partial charge in [-0.1, -0.05) is 0 Å². The quantitative estimate of drug-likeness (QED) is 0.920. The molecule has 1 fully saturated rings. The number of nitrogens with zero attached hydrogens (tertiary/aromatic N) is 4. The van der Waals surface area contributed by atoms with Gasteiger partial charge in [0.25, 0.3) is 0 Å². The van der Waals surface area contributed by atoms with E-state index in [1.807, 2.05) is 19.3 Å². The van der Waals surface area contributed by atoms with Crippen molar-refractivity contribution in [2.75, 3.05) is 11.9 Å². The third-order valence-corrected chi connectivity index (χ3v) is 4.67. The molecule has 0 saturated heterocycles. The summed E-state index contributed by atoms with van der Waals surface area (Å²) in [5.74, 6) is 3.54. The maximum atomic E-state index is 4.61. The molecule has 1 saturated carbocycles. The van der Waals surface area contributed by atoms with Crippen molar-refractivity contribution in [1.82, 2.24) is 19.9 Å². The van der Waals surface area contributed by atoms with E-state index < -0.39 is 0 Å². The highest BCUT2D eigenvalue weighted by atomic mass is 15.0. The first kappa shape index (κ1) is 14.5. The number of rotatable bonds is 5. The molecule has 2 aromatic heterocycles. The number of hydrogen-bond acceptors (Lipinski definition) is 5. The Bertz CT molecular complexity index is 691. The monoisotopic (exact) mass is 309 g/mol. The molecule has 5 heteroatoms. The summed E-state index contributed by atoms with van der Waals surface area (Å²) < 4.78 is 0. The molecule has 0 bridgehead atoms. The molecule has 0 radical (unpaired) electrons. The molecule has 1 N–H and O–H groups in total. The van der Waals surface area contributed by atoms with Gasteiger partial charge in [-0.05, 0) is 57.4 Å². The molecule has 2 heterocycles. The van der Waals surface area contributed by atoms with Crippen LogP contribution in [0.2, 0.25) is 0 Å². The van der Waals surface area contributed by atoms with Crippen molar-refractivity contribution in [1.29, 1.82) is 0 Å². The predicted molar refractivity (Wildman–Crippen MR) is 89.6 cm³/mol. The highest BCUT2D eigenvalue weighted by Crippen LogP contribution is 2.37. The van der Waals surface area contributed by atoms with Crippen LogP contribution in [0.5, 0.6) is 0 Å². The minimum absolute atomic E-state index is 0.623. The normalized spacial score (nSPS) is 16.9. The second-order valence-electron chi connectivity index (χ2n) is 6.65. The van der Waals surface area contributed by atoms with Crippen LogP contribution in [0.1, 0.15) is 60.1 Å². The smallest absolute Gasteiger partial charge is 0.133 e. The summed E-state index contributed by atoms with van der Waals surface area (Å²) in [4.78, 5) is 18.2. The Labute approximate surface area is 137 Å². The molecule has 2 aromatic rings. The van der Waals surface area contributed by atoms with E-state index >= 15 is 0 Å². The largest absolute Gasteiger partial charge is 0.369 e. The van der Waals surface area contributed by atoms with E-state index in [0.29, 0.717) is 5.92 Å². The van der Waals surface area contributed by atoms with Gasteiger partial charge in [0, 0.05) is 36.1 Å². The van der Waals surface area contributed by atoms with Gasteiger partial charge in [0.15, 0.2) is 0 Å². The molecule has 23 heavy (non-hydrogen) atoms. The molecule has 0 aromatic carbocycles. The first-order chi connectivity index (χ1) is 11.3. The average molecular weight is 309 g/mol. The number of nitrogens with one attached hydrogen (secondary N) is 1. The van der Waals surface area contributed by atoms with E-state index in [4.69, 9.17) is 0 Å². The third-order valence-electron chi connectivity index (χ3n) is 4.67. The second-order valence-corrected chi connectivity index (χ2v) is 6.65. The van der Waals surface area contributed by atoms with E-state index in [9.17, 15) is 0 Å². The van der Waals surface area contributed by atoms with Crippen molar-refractivity contribution >= 4 is 5.82 Å². The van der Waals surface area contributed by atoms with Crippen molar-refractivity contribution in [3.63, 3.8) is 0 Å². The van der Waals surface area contributed by atoms with E-state index in [1.165, 1.54) is 42.5 Å². The number of anilines is 1. The molecule has 0 aliphatic heterocycles. The summed E-state index contributed by atoms with van der Waals surface area (Å²) in [6, 6.07) is 0. The van der Waals surface area contributed by atoms with Crippen LogP contribution in [0.3, 0.4) is 0 Å². The molecule has 0 spiro atoms. The van der Waals surface area contributed by atoms with Crippen LogP contribution in [0.25, 0.3) is 0 Å². The van der Waals surface area contributed by atoms with Gasteiger partial charge in [-0.15, -0.1) is 0 Å². The predicted octanol–water partition coefficient (Wildman–Crippen LogP) is 2.99. The Kier molecular flexibility index (Phi) is 3.93. The summed E-state index contributed by atoms with van der Waals surface area (Å²) in [6.45, 7) is 2.83. The maximum absolute atomic E-state index is 4.61. The Morgan fingerprint density at radius 2 is 1.87 bits per heavy atom. The highest BCUT2D eigenvalue weighted by Gasteiger charge is 2.26. The maximum Gasteiger partial charge on any atom is 0.133 e. The van der Waals surface area contributed by atoms with Crippen LogP contribution in [-0.4, -0.2) is 26.5 Å². The van der Waals surface area contributed by atoms with Crippen molar-refractivity contribution in [3.05, 3.63) is 40.9 Å². The molecular formula is C18H23N5. The standard InChI is InChI=1S/C18H23N5/c1-12-22-16-5-3-2-4-15(16)18(23-12)19-9-8-13-10-20-17(21-11-13)14-6-7-14/h10-11,14H,2-9H2,1H3,(H,19,22,23). The third kappa shape index (κ3) is 3.33. The van der Waals surface area contributed by atoms with Gasteiger partial charge in [0.2, 0.25) is 0 Å². The molecule has 2 aliphatic carbocycles. The van der Waals surface area contributed by atoms with Gasteiger partial charge in [-0.25, -0.2) is 19.9 Å². The molecule has 120 valence electrons. The van der Waals surface area contributed by atoms with Crippen LogP contribution in [-0.2, 0) is 19.3 Å². The molecule has 2 aliphatic rings. The summed E-state index contributed by atoms with van der Waals surface area (Å²) in [5, 5.41) is 3.51. The highest BCUT2D eigenvalue weighted by molar-refractivity contribution is 5.47. The van der Waals surface area contributed by atoms with Crippen LogP contribution in [0.4, 0.5) is 5.82 Å². The first-order valence-corrected chi connectivity index (χ1v) is 8.70. The molecular weight excluding hydrogens is 286 g/mol. The van der Waals surface area contributed by atoms with Crippen LogP contribution in [0, 0.1) is 6.92 Å². The number of hydrogen-bond donors (Lipinski definition) is 1. The molecule has 0 amide bonds. The van der Waals surface area contributed by atoms with Crippen molar-refractivity contribution in [2.24, 2.45) is 0 Å². The second kappa shape index (κ2) is 6.22. The number of aryl methyl sites for hydroxylation is 2. The van der Waals surface area contributed by atoms with Gasteiger partial charge in [-0.3, -0.25) is 0 Å². The van der Waals surface area contributed by atoms with Crippen molar-refractivity contribution < 1.29 is 0 Å². The van der Waals surface area contributed by atoms with E-state index in [-0.39, 0.29) is 0 Å². The summed E-state index contributed by atoms with van der Waals surface area (Å²) >= 11 is 0. The Morgan fingerprint density at radius 1 is 1.09 bits per heavy atom. The zero-order valence-electron chi connectivity index (χ0n) is 13.7. The first-order valence-electron chi connectivity index (χ1n) is 8.70. The van der Waals surface area contributed by atoms with Crippen LogP contribution >= 0.6 is 0 Å². The van der Waals surface area contributed by atoms with E-state index in [2.05, 4.69) is 25.3 Å². The van der Waals surface area contributed by atoms with Crippen LogP contribution in [0.15, 0.2) is 12.4 Å². The minimum Gasteiger partial charge on any atom is -0.369 e. The lowest BCUT2D eigenvalue weighted by Crippen LogP contribution is -2.15. The molecule has 4 rings (SSSR count). The zero-order valence-corrected chi connectivity index (χ0v) is 13.7. The van der Waals surface area contributed by atoms with E-state index in [0.717, 1.165) is 43.3 Å². The fourth-order valence-electron chi connectivity index (χ4n) is 3.24. The molecule has 0 atom stereocenters. The summed E-state index contributed by atoms with van der Waals surface area (Å²) in [5.41, 5.74) is 3.74. The van der Waals surface area contributed by atoms with Crippen molar-refractivity contribution in [3.8, 4) is 0 Å². The number of aromatic nitrogens is 4. The summed E-state index contributed by atoms with van der Waals surface area (Å²) in [6.07, 6.45) is 12.0. The lowest BCUT2D eigenvalue weighted by Gasteiger charge is -2.19. The van der Waals surface area contributed by atoms with Gasteiger partial charge in [0.05, 0.1) is 0 Å². The van der Waals surface area contributed by atoms with Crippen molar-refractivity contribution in [2.45, 2.75) is 57.8 Å². The molecule has 5 nitrogen and oxygen atoms in total.